The lowest BCUT2D eigenvalue weighted by atomic mass is 9.96. The van der Waals surface area contributed by atoms with E-state index in [4.69, 9.17) is 4.42 Å². The van der Waals surface area contributed by atoms with Crippen molar-refractivity contribution in [2.75, 3.05) is 0 Å². The summed E-state index contributed by atoms with van der Waals surface area (Å²) in [7, 11) is 1.99. The molecular weight excluding hydrogens is 349 g/mol. The van der Waals surface area contributed by atoms with Crippen LogP contribution in [-0.2, 0) is 7.05 Å². The monoisotopic (exact) mass is 370 g/mol. The van der Waals surface area contributed by atoms with Gasteiger partial charge in [0, 0.05) is 22.9 Å². The molecule has 2 nitrogen and oxygen atoms in total. The van der Waals surface area contributed by atoms with E-state index < -0.39 is 0 Å². The molecule has 28 heavy (non-hydrogen) atoms. The molecule has 2 heterocycles. The van der Waals surface area contributed by atoms with Gasteiger partial charge in [-0.25, -0.2) is 4.39 Å². The number of furan rings is 1. The minimum Gasteiger partial charge on any atom is -0.455 e. The highest BCUT2D eigenvalue weighted by Gasteiger charge is 2.24. The topological polar surface area (TPSA) is 17.0 Å². The van der Waals surface area contributed by atoms with Crippen LogP contribution in [0.4, 0.5) is 4.39 Å². The first-order chi connectivity index (χ1) is 13.5. The number of para-hydroxylation sites is 1. The van der Waals surface area contributed by atoms with E-state index in [0.717, 1.165) is 44.3 Å². The average Bonchev–Trinajstić information content (AvgIpc) is 3.02. The SMILES string of the molecule is Cc1cc(F)c2ccc(-c3c(C)c(C)cc4c3oc3ccccc34)[n+](C)c2c1. The lowest BCUT2D eigenvalue weighted by Crippen LogP contribution is -2.32. The van der Waals surface area contributed by atoms with Gasteiger partial charge in [-0.3, -0.25) is 0 Å². The average molecular weight is 370 g/mol. The summed E-state index contributed by atoms with van der Waals surface area (Å²) >= 11 is 0. The number of aromatic nitrogens is 1. The Labute approximate surface area is 162 Å². The second kappa shape index (κ2) is 5.90. The van der Waals surface area contributed by atoms with E-state index in [0.29, 0.717) is 5.39 Å². The minimum atomic E-state index is -0.188. The molecule has 138 valence electrons. The van der Waals surface area contributed by atoms with Crippen LogP contribution in [-0.4, -0.2) is 0 Å². The second-order valence-corrected chi connectivity index (χ2v) is 7.63. The van der Waals surface area contributed by atoms with Gasteiger partial charge in [0.15, 0.2) is 0 Å². The summed E-state index contributed by atoms with van der Waals surface area (Å²) in [6.45, 7) is 6.17. The molecule has 3 aromatic carbocycles. The lowest BCUT2D eigenvalue weighted by molar-refractivity contribution is -0.633. The minimum absolute atomic E-state index is 0.188. The van der Waals surface area contributed by atoms with Gasteiger partial charge in [0.05, 0.1) is 10.9 Å². The van der Waals surface area contributed by atoms with E-state index in [2.05, 4.69) is 30.5 Å². The van der Waals surface area contributed by atoms with Crippen LogP contribution in [0.25, 0.3) is 44.1 Å². The van der Waals surface area contributed by atoms with E-state index in [1.165, 1.54) is 11.1 Å². The van der Waals surface area contributed by atoms with Gasteiger partial charge in [-0.2, -0.15) is 4.57 Å². The Morgan fingerprint density at radius 2 is 1.64 bits per heavy atom. The lowest BCUT2D eigenvalue weighted by Gasteiger charge is -2.10. The van der Waals surface area contributed by atoms with Gasteiger partial charge < -0.3 is 4.42 Å². The van der Waals surface area contributed by atoms with Crippen LogP contribution in [0.1, 0.15) is 16.7 Å². The van der Waals surface area contributed by atoms with E-state index in [-0.39, 0.29) is 5.82 Å². The molecule has 3 heteroatoms. The van der Waals surface area contributed by atoms with E-state index >= 15 is 0 Å². The van der Waals surface area contributed by atoms with Crippen LogP contribution in [0.15, 0.2) is 59.0 Å². The molecular formula is C25H21FNO+. The van der Waals surface area contributed by atoms with Crippen molar-refractivity contribution in [3.05, 3.63) is 77.1 Å². The third-order valence-electron chi connectivity index (χ3n) is 5.83. The zero-order chi connectivity index (χ0) is 19.6. The van der Waals surface area contributed by atoms with Crippen molar-refractivity contribution in [2.24, 2.45) is 7.05 Å². The molecule has 0 bridgehead atoms. The Morgan fingerprint density at radius 3 is 2.46 bits per heavy atom. The number of pyridine rings is 1. The van der Waals surface area contributed by atoms with Crippen molar-refractivity contribution in [3.63, 3.8) is 0 Å². The fourth-order valence-corrected chi connectivity index (χ4v) is 4.23. The number of rotatable bonds is 1. The number of halogens is 1. The molecule has 0 saturated carbocycles. The number of aryl methyl sites for hydroxylation is 3. The molecule has 0 atom stereocenters. The van der Waals surface area contributed by atoms with Crippen molar-refractivity contribution in [2.45, 2.75) is 20.8 Å². The van der Waals surface area contributed by atoms with Crippen LogP contribution in [0, 0.1) is 26.6 Å². The van der Waals surface area contributed by atoms with Gasteiger partial charge >= 0.3 is 0 Å². The molecule has 0 aliphatic heterocycles. The summed E-state index contributed by atoms with van der Waals surface area (Å²) < 4.78 is 22.8. The standard InChI is InChI=1S/C25H21FNO/c1-14-11-20(26)18-9-10-21(27(4)22(18)12-14)24-16(3)15(2)13-19-17-7-5-6-8-23(17)28-25(19)24/h5-13H,1-4H3/q+1. The summed E-state index contributed by atoms with van der Waals surface area (Å²) in [6, 6.07) is 17.8. The highest BCUT2D eigenvalue weighted by molar-refractivity contribution is 6.10. The van der Waals surface area contributed by atoms with Gasteiger partial charge in [0.25, 0.3) is 0 Å². The maximum Gasteiger partial charge on any atom is 0.216 e. The summed E-state index contributed by atoms with van der Waals surface area (Å²) in [5.74, 6) is -0.188. The number of hydrogen-bond donors (Lipinski definition) is 0. The summed E-state index contributed by atoms with van der Waals surface area (Å²) in [4.78, 5) is 0. The van der Waals surface area contributed by atoms with Crippen LogP contribution in [0.3, 0.4) is 0 Å². The Kier molecular flexibility index (Phi) is 3.57. The number of benzene rings is 3. The van der Waals surface area contributed by atoms with Gasteiger partial charge in [0.1, 0.15) is 24.0 Å². The van der Waals surface area contributed by atoms with E-state index in [9.17, 15) is 4.39 Å². The second-order valence-electron chi connectivity index (χ2n) is 7.63. The summed E-state index contributed by atoms with van der Waals surface area (Å²) in [5, 5.41) is 2.86. The first kappa shape index (κ1) is 16.9. The molecule has 0 radical (unpaired) electrons. The predicted octanol–water partition coefficient (Wildman–Crippen LogP) is 6.30. The Morgan fingerprint density at radius 1 is 0.857 bits per heavy atom. The van der Waals surface area contributed by atoms with Crippen molar-refractivity contribution < 1.29 is 13.4 Å². The molecule has 0 spiro atoms. The van der Waals surface area contributed by atoms with Crippen molar-refractivity contribution in [1.82, 2.24) is 0 Å². The van der Waals surface area contributed by atoms with Gasteiger partial charge in [0.2, 0.25) is 11.2 Å². The normalized spacial score (nSPS) is 11.8. The van der Waals surface area contributed by atoms with Crippen molar-refractivity contribution in [1.29, 1.82) is 0 Å². The zero-order valence-corrected chi connectivity index (χ0v) is 16.4. The molecule has 0 unspecified atom stereocenters. The molecule has 0 aliphatic carbocycles. The number of fused-ring (bicyclic) bond motifs is 4. The molecule has 5 aromatic rings. The zero-order valence-electron chi connectivity index (χ0n) is 16.4. The Balaban J connectivity index is 1.94. The van der Waals surface area contributed by atoms with Crippen molar-refractivity contribution >= 4 is 32.8 Å². The highest BCUT2D eigenvalue weighted by Crippen LogP contribution is 2.38. The largest absolute Gasteiger partial charge is 0.455 e. The fourth-order valence-electron chi connectivity index (χ4n) is 4.23. The molecule has 0 saturated heterocycles. The molecule has 5 rings (SSSR count). The van der Waals surface area contributed by atoms with Crippen molar-refractivity contribution in [3.8, 4) is 11.3 Å². The third-order valence-corrected chi connectivity index (χ3v) is 5.83. The first-order valence-electron chi connectivity index (χ1n) is 9.46. The van der Waals surface area contributed by atoms with E-state index in [1.54, 1.807) is 6.07 Å². The van der Waals surface area contributed by atoms with Gasteiger partial charge in [-0.1, -0.05) is 18.2 Å². The molecule has 0 N–H and O–H groups in total. The maximum absolute atomic E-state index is 14.5. The van der Waals surface area contributed by atoms with E-state index in [1.807, 2.05) is 50.4 Å². The smallest absolute Gasteiger partial charge is 0.216 e. The number of nitrogens with zero attached hydrogens (tertiary/aromatic N) is 1. The van der Waals surface area contributed by atoms with Crippen LogP contribution in [0.2, 0.25) is 0 Å². The fraction of sp³-hybridized carbons (Fsp3) is 0.160. The van der Waals surface area contributed by atoms with Gasteiger partial charge in [-0.05, 0) is 61.7 Å². The third kappa shape index (κ3) is 2.29. The van der Waals surface area contributed by atoms with Crippen LogP contribution >= 0.6 is 0 Å². The predicted molar refractivity (Wildman–Crippen MR) is 112 cm³/mol. The first-order valence-corrected chi connectivity index (χ1v) is 9.46. The summed E-state index contributed by atoms with van der Waals surface area (Å²) in [6.07, 6.45) is 0. The molecule has 0 amide bonds. The highest BCUT2D eigenvalue weighted by atomic mass is 19.1. The van der Waals surface area contributed by atoms with Gasteiger partial charge in [-0.15, -0.1) is 0 Å². The maximum atomic E-state index is 14.5. The molecule has 2 aromatic heterocycles. The van der Waals surface area contributed by atoms with Crippen LogP contribution < -0.4 is 4.57 Å². The molecule has 0 fully saturated rings. The Bertz CT molecular complexity index is 1410. The quantitative estimate of drug-likeness (QED) is 0.317. The Hall–Kier alpha value is -3.20. The molecule has 0 aliphatic rings. The van der Waals surface area contributed by atoms with Crippen LogP contribution in [0.5, 0.6) is 0 Å². The number of hydrogen-bond acceptors (Lipinski definition) is 1. The summed E-state index contributed by atoms with van der Waals surface area (Å²) in [5.41, 5.74) is 8.02.